The van der Waals surface area contributed by atoms with E-state index in [2.05, 4.69) is 22.3 Å². The maximum absolute atomic E-state index is 12.5. The Morgan fingerprint density at radius 1 is 0.966 bits per heavy atom. The van der Waals surface area contributed by atoms with Crippen LogP contribution < -0.4 is 14.8 Å². The molecule has 1 saturated heterocycles. The van der Waals surface area contributed by atoms with Crippen molar-refractivity contribution in [3.8, 4) is 11.5 Å². The van der Waals surface area contributed by atoms with Gasteiger partial charge in [0.15, 0.2) is 0 Å². The van der Waals surface area contributed by atoms with Gasteiger partial charge in [0.25, 0.3) is 5.91 Å². The van der Waals surface area contributed by atoms with Crippen LogP contribution >= 0.6 is 0 Å². The van der Waals surface area contributed by atoms with Gasteiger partial charge < -0.3 is 14.8 Å². The summed E-state index contributed by atoms with van der Waals surface area (Å²) in [5, 5.41) is 3.00. The summed E-state index contributed by atoms with van der Waals surface area (Å²) in [6.45, 7) is 5.66. The van der Waals surface area contributed by atoms with Crippen LogP contribution in [0.1, 0.15) is 48.5 Å². The zero-order valence-corrected chi connectivity index (χ0v) is 17.5. The maximum Gasteiger partial charge on any atom is 0.251 e. The molecule has 1 aliphatic rings. The number of nitrogens with one attached hydrogen (secondary N) is 1. The van der Waals surface area contributed by atoms with E-state index >= 15 is 0 Å². The van der Waals surface area contributed by atoms with E-state index in [1.165, 1.54) is 44.3 Å². The summed E-state index contributed by atoms with van der Waals surface area (Å²) in [7, 11) is 1.63. The molecule has 0 aliphatic carbocycles. The Kier molecular flexibility index (Phi) is 7.94. The minimum atomic E-state index is -0.0959. The van der Waals surface area contributed by atoms with Crippen molar-refractivity contribution in [3.05, 3.63) is 59.7 Å². The highest BCUT2D eigenvalue weighted by molar-refractivity contribution is 5.94. The van der Waals surface area contributed by atoms with Gasteiger partial charge in [-0.1, -0.05) is 25.0 Å². The van der Waals surface area contributed by atoms with Gasteiger partial charge in [0.2, 0.25) is 0 Å². The van der Waals surface area contributed by atoms with Crippen LogP contribution in [0.4, 0.5) is 0 Å². The van der Waals surface area contributed by atoms with Crippen molar-refractivity contribution in [2.45, 2.75) is 45.2 Å². The highest BCUT2D eigenvalue weighted by Crippen LogP contribution is 2.17. The molecular weight excluding hydrogens is 364 g/mol. The number of methoxy groups -OCH3 is 1. The Hall–Kier alpha value is -2.53. The fourth-order valence-electron chi connectivity index (χ4n) is 3.56. The molecule has 1 aliphatic heterocycles. The molecule has 29 heavy (non-hydrogen) atoms. The SMILES string of the molecule is COc1ccc(OC[C@H](C)NC(=O)c2ccc(CN3CCCCCC3)cc2)cc1. The standard InChI is InChI=1S/C24H32N2O3/c1-19(18-29-23-13-11-22(28-2)12-14-23)25-24(27)21-9-7-20(8-10-21)17-26-15-5-3-4-6-16-26/h7-14,19H,3-6,15-18H2,1-2H3,(H,25,27)/t19-/m0/s1. The zero-order valence-electron chi connectivity index (χ0n) is 17.5. The number of rotatable bonds is 8. The number of likely N-dealkylation sites (tertiary alicyclic amines) is 1. The molecule has 2 aromatic carbocycles. The Labute approximate surface area is 174 Å². The van der Waals surface area contributed by atoms with Gasteiger partial charge in [-0.05, 0) is 74.8 Å². The second kappa shape index (κ2) is 10.9. The Bertz CT molecular complexity index is 751. The molecule has 0 spiro atoms. The van der Waals surface area contributed by atoms with Crippen LogP contribution in [0.15, 0.2) is 48.5 Å². The van der Waals surface area contributed by atoms with Crippen LogP contribution in [0.2, 0.25) is 0 Å². The van der Waals surface area contributed by atoms with Gasteiger partial charge in [-0.15, -0.1) is 0 Å². The summed E-state index contributed by atoms with van der Waals surface area (Å²) in [5.74, 6) is 1.47. The first kappa shape index (κ1) is 21.2. The molecule has 1 atom stereocenters. The fourth-order valence-corrected chi connectivity index (χ4v) is 3.56. The highest BCUT2D eigenvalue weighted by atomic mass is 16.5. The molecule has 1 N–H and O–H groups in total. The lowest BCUT2D eigenvalue weighted by atomic mass is 10.1. The third kappa shape index (κ3) is 6.79. The molecule has 3 rings (SSSR count). The van der Waals surface area contributed by atoms with E-state index in [1.54, 1.807) is 7.11 Å². The van der Waals surface area contributed by atoms with Gasteiger partial charge in [0.05, 0.1) is 13.2 Å². The lowest BCUT2D eigenvalue weighted by Gasteiger charge is -2.20. The summed E-state index contributed by atoms with van der Waals surface area (Å²) in [6, 6.07) is 15.3. The van der Waals surface area contributed by atoms with E-state index in [1.807, 2.05) is 43.3 Å². The van der Waals surface area contributed by atoms with Crippen molar-refractivity contribution in [1.82, 2.24) is 10.2 Å². The second-order valence-electron chi connectivity index (χ2n) is 7.75. The molecule has 0 bridgehead atoms. The van der Waals surface area contributed by atoms with Crippen molar-refractivity contribution in [2.24, 2.45) is 0 Å². The normalized spacial score (nSPS) is 15.9. The highest BCUT2D eigenvalue weighted by Gasteiger charge is 2.12. The van der Waals surface area contributed by atoms with Gasteiger partial charge in [-0.3, -0.25) is 9.69 Å². The molecule has 0 radical (unpaired) electrons. The predicted octanol–water partition coefficient (Wildman–Crippen LogP) is 4.27. The summed E-state index contributed by atoms with van der Waals surface area (Å²) in [4.78, 5) is 15.0. The van der Waals surface area contributed by atoms with Crippen molar-refractivity contribution in [3.63, 3.8) is 0 Å². The van der Waals surface area contributed by atoms with Crippen molar-refractivity contribution >= 4 is 5.91 Å². The van der Waals surface area contributed by atoms with E-state index in [0.29, 0.717) is 12.2 Å². The number of benzene rings is 2. The van der Waals surface area contributed by atoms with Crippen LogP contribution in [0.3, 0.4) is 0 Å². The van der Waals surface area contributed by atoms with Crippen LogP contribution in [-0.2, 0) is 6.54 Å². The van der Waals surface area contributed by atoms with Gasteiger partial charge in [0, 0.05) is 12.1 Å². The molecule has 0 saturated carbocycles. The predicted molar refractivity (Wildman–Crippen MR) is 116 cm³/mol. The molecule has 1 amide bonds. The summed E-state index contributed by atoms with van der Waals surface area (Å²) < 4.78 is 10.9. The fraction of sp³-hybridized carbons (Fsp3) is 0.458. The van der Waals surface area contributed by atoms with Gasteiger partial charge in [0.1, 0.15) is 18.1 Å². The largest absolute Gasteiger partial charge is 0.497 e. The molecule has 1 fully saturated rings. The summed E-state index contributed by atoms with van der Waals surface area (Å²) in [6.07, 6.45) is 5.26. The van der Waals surface area contributed by atoms with Gasteiger partial charge in [-0.25, -0.2) is 0 Å². The lowest BCUT2D eigenvalue weighted by molar-refractivity contribution is 0.0926. The third-order valence-electron chi connectivity index (χ3n) is 5.26. The summed E-state index contributed by atoms with van der Waals surface area (Å²) in [5.41, 5.74) is 1.94. The number of ether oxygens (including phenoxy) is 2. The van der Waals surface area contributed by atoms with Crippen molar-refractivity contribution < 1.29 is 14.3 Å². The van der Waals surface area contributed by atoms with Gasteiger partial charge >= 0.3 is 0 Å². The molecular formula is C24H32N2O3. The van der Waals surface area contributed by atoms with Gasteiger partial charge in [-0.2, -0.15) is 0 Å². The minimum absolute atomic E-state index is 0.0721. The Morgan fingerprint density at radius 2 is 1.59 bits per heavy atom. The van der Waals surface area contributed by atoms with Crippen LogP contribution in [0.5, 0.6) is 11.5 Å². The van der Waals surface area contributed by atoms with E-state index in [9.17, 15) is 4.79 Å². The molecule has 5 nitrogen and oxygen atoms in total. The average Bonchev–Trinajstić information content (AvgIpc) is 3.02. The molecule has 1 heterocycles. The van der Waals surface area contributed by atoms with Crippen molar-refractivity contribution in [1.29, 1.82) is 0 Å². The van der Waals surface area contributed by atoms with Crippen LogP contribution in [-0.4, -0.2) is 43.7 Å². The molecule has 2 aromatic rings. The van der Waals surface area contributed by atoms with E-state index in [-0.39, 0.29) is 11.9 Å². The smallest absolute Gasteiger partial charge is 0.251 e. The number of amides is 1. The summed E-state index contributed by atoms with van der Waals surface area (Å²) >= 11 is 0. The molecule has 0 unspecified atom stereocenters. The van der Waals surface area contributed by atoms with Crippen molar-refractivity contribution in [2.75, 3.05) is 26.8 Å². The first-order valence-electron chi connectivity index (χ1n) is 10.5. The molecule has 0 aromatic heterocycles. The first-order chi connectivity index (χ1) is 14.1. The van der Waals surface area contributed by atoms with Crippen LogP contribution in [0.25, 0.3) is 0 Å². The average molecular weight is 397 g/mol. The molecule has 156 valence electrons. The minimum Gasteiger partial charge on any atom is -0.497 e. The first-order valence-corrected chi connectivity index (χ1v) is 10.5. The number of hydrogen-bond donors (Lipinski definition) is 1. The maximum atomic E-state index is 12.5. The number of nitrogens with zero attached hydrogens (tertiary/aromatic N) is 1. The van der Waals surface area contributed by atoms with E-state index < -0.39 is 0 Å². The Balaban J connectivity index is 1.45. The molecule has 5 heteroatoms. The monoisotopic (exact) mass is 396 g/mol. The van der Waals surface area contributed by atoms with E-state index in [0.717, 1.165) is 18.0 Å². The quantitative estimate of drug-likeness (QED) is 0.724. The number of hydrogen-bond acceptors (Lipinski definition) is 4. The second-order valence-corrected chi connectivity index (χ2v) is 7.75. The van der Waals surface area contributed by atoms with E-state index in [4.69, 9.17) is 9.47 Å². The van der Waals surface area contributed by atoms with Crippen LogP contribution in [0, 0.1) is 0 Å². The Morgan fingerprint density at radius 3 is 2.21 bits per heavy atom. The topological polar surface area (TPSA) is 50.8 Å². The number of carbonyl (C=O) groups is 1. The third-order valence-corrected chi connectivity index (χ3v) is 5.26. The zero-order chi connectivity index (χ0) is 20.5. The number of carbonyl (C=O) groups excluding carboxylic acids is 1. The lowest BCUT2D eigenvalue weighted by Crippen LogP contribution is -2.36.